The number of carbonyl (C=O) groups is 2. The highest BCUT2D eigenvalue weighted by Crippen LogP contribution is 1.98. The topological polar surface area (TPSA) is 55.7 Å². The van der Waals surface area contributed by atoms with Crippen molar-refractivity contribution < 1.29 is 14.3 Å². The molecule has 0 aromatic heterocycles. The molecule has 0 saturated carbocycles. The minimum Gasteiger partial charge on any atom is -0.400 e. The molecule has 5 heteroatoms. The van der Waals surface area contributed by atoms with Crippen molar-refractivity contribution in [3.8, 4) is 0 Å². The van der Waals surface area contributed by atoms with Crippen LogP contribution in [0.1, 0.15) is 6.92 Å². The number of cyclic esters (lactones) is 1. The van der Waals surface area contributed by atoms with Crippen LogP contribution >= 0.6 is 12.4 Å². The molecule has 1 rings (SSSR count). The third-order valence-corrected chi connectivity index (χ3v) is 0.893. The largest absolute Gasteiger partial charge is 0.406 e. The number of amides is 1. The Kier molecular flexibility index (Phi) is 3.47. The van der Waals surface area contributed by atoms with Gasteiger partial charge in [-0.25, -0.2) is 4.79 Å². The Hall–Kier alpha value is -1.16. The van der Waals surface area contributed by atoms with Crippen molar-refractivity contribution >= 4 is 30.2 Å². The molecule has 0 spiro atoms. The normalized spacial score (nSPS) is 16.3. The van der Waals surface area contributed by atoms with Crippen LogP contribution in [0.5, 0.6) is 0 Å². The number of carbonyl (C=O) groups excluding carboxylic acids is 2. The summed E-state index contributed by atoms with van der Waals surface area (Å²) in [5.74, 6) is -1.68. The average Bonchev–Trinajstić information content (AvgIpc) is 2.14. The molecule has 0 aromatic rings. The Balaban J connectivity index is 0.000001000. The maximum Gasteiger partial charge on any atom is 0.406 e. The third kappa shape index (κ3) is 2.16. The van der Waals surface area contributed by atoms with Crippen LogP contribution < -0.4 is 0 Å². The second kappa shape index (κ2) is 3.88. The van der Waals surface area contributed by atoms with Gasteiger partial charge in [0.15, 0.2) is 0 Å². The summed E-state index contributed by atoms with van der Waals surface area (Å²) in [6, 6.07) is 0. The van der Waals surface area contributed by atoms with Gasteiger partial charge in [0, 0.05) is 0 Å². The summed E-state index contributed by atoms with van der Waals surface area (Å²) in [6.07, 6.45) is 3.08. The first-order valence-electron chi connectivity index (χ1n) is 2.71. The summed E-state index contributed by atoms with van der Waals surface area (Å²) >= 11 is 0. The number of allylic oxidation sites excluding steroid dienone is 1. The summed E-state index contributed by atoms with van der Waals surface area (Å²) in [4.78, 5) is 24.0. The maximum atomic E-state index is 10.4. The molecule has 11 heavy (non-hydrogen) atoms. The molecule has 0 saturated heterocycles. The smallest absolute Gasteiger partial charge is 0.400 e. The van der Waals surface area contributed by atoms with Crippen molar-refractivity contribution in [1.82, 2.24) is 0 Å². The summed E-state index contributed by atoms with van der Waals surface area (Å²) in [5, 5.41) is 0. The standard InChI is InChI=1S/C6H5NO3.ClH/c1-2-3-4-7-5(8)6(9)10-4;/h2-3H,1H3;1H. The summed E-state index contributed by atoms with van der Waals surface area (Å²) in [7, 11) is 0. The molecule has 1 aliphatic heterocycles. The first kappa shape index (κ1) is 9.84. The summed E-state index contributed by atoms with van der Waals surface area (Å²) < 4.78 is 4.39. The zero-order valence-electron chi connectivity index (χ0n) is 5.73. The number of hydrogen-bond acceptors (Lipinski definition) is 3. The molecule has 60 valence electrons. The van der Waals surface area contributed by atoms with E-state index in [-0.39, 0.29) is 18.3 Å². The highest BCUT2D eigenvalue weighted by atomic mass is 35.5. The molecule has 0 N–H and O–H groups in total. The lowest BCUT2D eigenvalue weighted by Gasteiger charge is -1.85. The number of halogens is 1. The Bertz CT molecular complexity index is 244. The van der Waals surface area contributed by atoms with Gasteiger partial charge >= 0.3 is 11.9 Å². The van der Waals surface area contributed by atoms with Crippen LogP contribution in [-0.4, -0.2) is 17.8 Å². The fraction of sp³-hybridized carbons (Fsp3) is 0.167. The van der Waals surface area contributed by atoms with Gasteiger partial charge in [-0.1, -0.05) is 6.08 Å². The molecule has 0 aromatic carbocycles. The average molecular weight is 176 g/mol. The molecule has 1 amide bonds. The number of ether oxygens (including phenoxy) is 1. The van der Waals surface area contributed by atoms with Crippen LogP contribution in [0.3, 0.4) is 0 Å². The quantitative estimate of drug-likeness (QED) is 0.430. The van der Waals surface area contributed by atoms with Gasteiger partial charge in [-0.2, -0.15) is 4.99 Å². The Morgan fingerprint density at radius 1 is 1.45 bits per heavy atom. The molecule has 1 heterocycles. The molecule has 0 bridgehead atoms. The first-order valence-corrected chi connectivity index (χ1v) is 2.71. The highest BCUT2D eigenvalue weighted by molar-refractivity contribution is 6.40. The molecule has 1 aliphatic rings. The highest BCUT2D eigenvalue weighted by Gasteiger charge is 2.24. The lowest BCUT2D eigenvalue weighted by atomic mass is 10.5. The third-order valence-electron chi connectivity index (χ3n) is 0.893. The predicted octanol–water partition coefficient (Wildman–Crippen LogP) is 0.466. The van der Waals surface area contributed by atoms with E-state index in [2.05, 4.69) is 9.73 Å². The minimum absolute atomic E-state index is 0. The number of rotatable bonds is 1. The van der Waals surface area contributed by atoms with Crippen LogP contribution in [0, 0.1) is 0 Å². The van der Waals surface area contributed by atoms with Gasteiger partial charge in [0.2, 0.25) is 5.90 Å². The maximum absolute atomic E-state index is 10.4. The van der Waals surface area contributed by atoms with Gasteiger partial charge in [0.05, 0.1) is 0 Å². The van der Waals surface area contributed by atoms with E-state index in [1.165, 1.54) is 6.08 Å². The lowest BCUT2D eigenvalue weighted by Crippen LogP contribution is -2.06. The van der Waals surface area contributed by atoms with E-state index in [1.54, 1.807) is 13.0 Å². The number of esters is 1. The molecule has 0 fully saturated rings. The van der Waals surface area contributed by atoms with Crippen molar-refractivity contribution in [2.75, 3.05) is 0 Å². The van der Waals surface area contributed by atoms with Crippen LogP contribution in [0.15, 0.2) is 17.1 Å². The fourth-order valence-corrected chi connectivity index (χ4v) is 0.521. The number of nitrogens with zero attached hydrogens (tertiary/aromatic N) is 1. The second-order valence-electron chi connectivity index (χ2n) is 1.64. The van der Waals surface area contributed by atoms with Crippen LogP contribution in [0.2, 0.25) is 0 Å². The van der Waals surface area contributed by atoms with E-state index in [0.29, 0.717) is 0 Å². The Morgan fingerprint density at radius 2 is 2.09 bits per heavy atom. The zero-order valence-corrected chi connectivity index (χ0v) is 6.55. The summed E-state index contributed by atoms with van der Waals surface area (Å²) in [5.41, 5.74) is 0. The molecular weight excluding hydrogens is 170 g/mol. The molecular formula is C6H6ClNO3. The van der Waals surface area contributed by atoms with E-state index in [4.69, 9.17) is 0 Å². The minimum atomic E-state index is -0.909. The van der Waals surface area contributed by atoms with E-state index in [9.17, 15) is 9.59 Å². The van der Waals surface area contributed by atoms with Crippen molar-refractivity contribution in [1.29, 1.82) is 0 Å². The van der Waals surface area contributed by atoms with Crippen LogP contribution in [-0.2, 0) is 14.3 Å². The number of aliphatic imine (C=N–C) groups is 1. The summed E-state index contributed by atoms with van der Waals surface area (Å²) in [6.45, 7) is 1.74. The monoisotopic (exact) mass is 175 g/mol. The van der Waals surface area contributed by atoms with Gasteiger partial charge in [-0.15, -0.1) is 12.4 Å². The predicted molar refractivity (Wildman–Crippen MR) is 40.6 cm³/mol. The van der Waals surface area contributed by atoms with E-state index < -0.39 is 11.9 Å². The number of hydrogen-bond donors (Lipinski definition) is 0. The molecule has 4 nitrogen and oxygen atoms in total. The van der Waals surface area contributed by atoms with Gasteiger partial charge in [-0.05, 0) is 13.0 Å². The Labute approximate surface area is 69.4 Å². The van der Waals surface area contributed by atoms with Gasteiger partial charge in [0.1, 0.15) is 0 Å². The van der Waals surface area contributed by atoms with E-state index >= 15 is 0 Å². The van der Waals surface area contributed by atoms with Crippen LogP contribution in [0.4, 0.5) is 0 Å². The van der Waals surface area contributed by atoms with Crippen LogP contribution in [0.25, 0.3) is 0 Å². The SMILES string of the molecule is CC=CC1=NC(=O)C(=O)O1.Cl. The first-order chi connectivity index (χ1) is 4.74. The van der Waals surface area contributed by atoms with E-state index in [1.807, 2.05) is 0 Å². The Morgan fingerprint density at radius 3 is 2.45 bits per heavy atom. The van der Waals surface area contributed by atoms with Gasteiger partial charge in [0.25, 0.3) is 0 Å². The molecule has 0 atom stereocenters. The molecule has 0 unspecified atom stereocenters. The van der Waals surface area contributed by atoms with Crippen molar-refractivity contribution in [3.63, 3.8) is 0 Å². The molecule has 0 radical (unpaired) electrons. The van der Waals surface area contributed by atoms with Crippen molar-refractivity contribution in [2.24, 2.45) is 4.99 Å². The zero-order chi connectivity index (χ0) is 7.56. The van der Waals surface area contributed by atoms with E-state index in [0.717, 1.165) is 0 Å². The van der Waals surface area contributed by atoms with Crippen molar-refractivity contribution in [2.45, 2.75) is 6.92 Å². The van der Waals surface area contributed by atoms with Crippen molar-refractivity contribution in [3.05, 3.63) is 12.2 Å². The van der Waals surface area contributed by atoms with Gasteiger partial charge < -0.3 is 4.74 Å². The molecule has 0 aliphatic carbocycles. The second-order valence-corrected chi connectivity index (χ2v) is 1.64. The van der Waals surface area contributed by atoms with Gasteiger partial charge in [-0.3, -0.25) is 4.79 Å². The lowest BCUT2D eigenvalue weighted by molar-refractivity contribution is -0.145. The fourth-order valence-electron chi connectivity index (χ4n) is 0.521.